The number of anilines is 2. The molecule has 1 fully saturated rings. The second-order valence-electron chi connectivity index (χ2n) is 7.99. The lowest BCUT2D eigenvalue weighted by Gasteiger charge is -2.40. The van der Waals surface area contributed by atoms with E-state index in [4.69, 9.17) is 0 Å². The van der Waals surface area contributed by atoms with E-state index in [-0.39, 0.29) is 12.1 Å². The number of nitrogens with zero attached hydrogens (tertiary/aromatic N) is 2. The molecule has 1 aliphatic rings. The quantitative estimate of drug-likeness (QED) is 0.616. The fourth-order valence-electron chi connectivity index (χ4n) is 4.07. The second-order valence-corrected chi connectivity index (χ2v) is 7.99. The number of carbonyl (C=O) groups excluding carboxylic acids is 1. The molecule has 5 nitrogen and oxygen atoms in total. The van der Waals surface area contributed by atoms with Gasteiger partial charge in [-0.3, -0.25) is 4.90 Å². The fraction of sp³-hybridized carbons (Fsp3) is 0.269. The third-order valence-corrected chi connectivity index (χ3v) is 5.83. The molecule has 0 saturated carbocycles. The molecule has 1 atom stereocenters. The Morgan fingerprint density at radius 1 is 0.839 bits per heavy atom. The van der Waals surface area contributed by atoms with Crippen molar-refractivity contribution in [2.24, 2.45) is 0 Å². The van der Waals surface area contributed by atoms with E-state index in [0.29, 0.717) is 6.54 Å². The minimum absolute atomic E-state index is 0.142. The molecule has 0 radical (unpaired) electrons. The minimum atomic E-state index is -0.173. The number of hydrogen-bond acceptors (Lipinski definition) is 3. The van der Waals surface area contributed by atoms with Crippen LogP contribution < -0.4 is 15.5 Å². The molecule has 1 heterocycles. The monoisotopic (exact) mass is 414 g/mol. The van der Waals surface area contributed by atoms with Crippen LogP contribution in [-0.2, 0) is 0 Å². The predicted molar refractivity (Wildman–Crippen MR) is 128 cm³/mol. The van der Waals surface area contributed by atoms with Gasteiger partial charge in [-0.25, -0.2) is 4.79 Å². The highest BCUT2D eigenvalue weighted by molar-refractivity contribution is 5.89. The number of amides is 2. The Hall–Kier alpha value is -3.31. The third-order valence-electron chi connectivity index (χ3n) is 5.83. The van der Waals surface area contributed by atoms with Crippen LogP contribution in [0.3, 0.4) is 0 Å². The van der Waals surface area contributed by atoms with Crippen LogP contribution in [0.4, 0.5) is 16.2 Å². The smallest absolute Gasteiger partial charge is 0.319 e. The van der Waals surface area contributed by atoms with Gasteiger partial charge in [0, 0.05) is 44.1 Å². The summed E-state index contributed by atoms with van der Waals surface area (Å²) in [6, 6.07) is 28.8. The molecular weight excluding hydrogens is 384 g/mol. The van der Waals surface area contributed by atoms with Gasteiger partial charge in [0.25, 0.3) is 0 Å². The molecule has 4 rings (SSSR count). The van der Waals surface area contributed by atoms with Crippen LogP contribution in [0.2, 0.25) is 0 Å². The lowest BCUT2D eigenvalue weighted by atomic mass is 10.0. The van der Waals surface area contributed by atoms with Crippen LogP contribution in [0.1, 0.15) is 17.2 Å². The van der Waals surface area contributed by atoms with Gasteiger partial charge in [0.1, 0.15) is 0 Å². The zero-order valence-electron chi connectivity index (χ0n) is 18.0. The molecular formula is C26H30N4O. The van der Waals surface area contributed by atoms with Gasteiger partial charge in [0.15, 0.2) is 0 Å². The van der Waals surface area contributed by atoms with E-state index < -0.39 is 0 Å². The first-order valence-corrected chi connectivity index (χ1v) is 10.9. The summed E-state index contributed by atoms with van der Waals surface area (Å²) >= 11 is 0. The number of aryl methyl sites for hydroxylation is 1. The number of benzene rings is 3. The van der Waals surface area contributed by atoms with Gasteiger partial charge in [-0.15, -0.1) is 0 Å². The van der Waals surface area contributed by atoms with Crippen LogP contribution in [0.25, 0.3) is 0 Å². The van der Waals surface area contributed by atoms with E-state index in [0.717, 1.165) is 31.9 Å². The van der Waals surface area contributed by atoms with Crippen molar-refractivity contribution in [1.82, 2.24) is 10.2 Å². The zero-order chi connectivity index (χ0) is 21.5. The maximum Gasteiger partial charge on any atom is 0.319 e. The molecule has 31 heavy (non-hydrogen) atoms. The molecule has 1 unspecified atom stereocenters. The van der Waals surface area contributed by atoms with E-state index >= 15 is 0 Å². The Bertz CT molecular complexity index is 952. The Morgan fingerprint density at radius 2 is 1.45 bits per heavy atom. The predicted octanol–water partition coefficient (Wildman–Crippen LogP) is 4.68. The molecule has 3 aromatic rings. The minimum Gasteiger partial charge on any atom is -0.369 e. The van der Waals surface area contributed by atoms with Crippen molar-refractivity contribution in [2.75, 3.05) is 42.9 Å². The molecule has 160 valence electrons. The van der Waals surface area contributed by atoms with E-state index in [9.17, 15) is 4.79 Å². The summed E-state index contributed by atoms with van der Waals surface area (Å²) in [5.74, 6) is 0. The topological polar surface area (TPSA) is 47.6 Å². The zero-order valence-corrected chi connectivity index (χ0v) is 18.0. The van der Waals surface area contributed by atoms with Gasteiger partial charge in [0.2, 0.25) is 0 Å². The first-order chi connectivity index (χ1) is 15.2. The molecule has 3 aromatic carbocycles. The van der Waals surface area contributed by atoms with Crippen molar-refractivity contribution in [1.29, 1.82) is 0 Å². The van der Waals surface area contributed by atoms with Crippen molar-refractivity contribution in [3.8, 4) is 0 Å². The van der Waals surface area contributed by atoms with Gasteiger partial charge < -0.3 is 15.5 Å². The van der Waals surface area contributed by atoms with Gasteiger partial charge in [0.05, 0.1) is 6.04 Å². The van der Waals surface area contributed by atoms with Gasteiger partial charge in [-0.1, -0.05) is 66.2 Å². The Labute approximate surface area is 184 Å². The lowest BCUT2D eigenvalue weighted by Crippen LogP contribution is -2.50. The highest BCUT2D eigenvalue weighted by Gasteiger charge is 2.25. The van der Waals surface area contributed by atoms with E-state index in [2.05, 4.69) is 75.0 Å². The number of nitrogens with one attached hydrogen (secondary N) is 2. The highest BCUT2D eigenvalue weighted by Crippen LogP contribution is 2.24. The van der Waals surface area contributed by atoms with Crippen molar-refractivity contribution in [3.05, 3.63) is 96.1 Å². The Morgan fingerprint density at radius 3 is 2.10 bits per heavy atom. The van der Waals surface area contributed by atoms with Crippen molar-refractivity contribution in [2.45, 2.75) is 13.0 Å². The number of hydrogen-bond donors (Lipinski definition) is 2. The summed E-state index contributed by atoms with van der Waals surface area (Å²) in [6.07, 6.45) is 0. The lowest BCUT2D eigenvalue weighted by molar-refractivity contribution is 0.182. The summed E-state index contributed by atoms with van der Waals surface area (Å²) < 4.78 is 0. The van der Waals surface area contributed by atoms with Gasteiger partial charge >= 0.3 is 6.03 Å². The molecule has 0 bridgehead atoms. The number of para-hydroxylation sites is 1. The summed E-state index contributed by atoms with van der Waals surface area (Å²) in [4.78, 5) is 17.4. The standard InChI is InChI=1S/C26H30N4O/c1-21-12-14-23(15-13-21)28-26(31)27-20-25(22-8-4-2-5-9-22)30-18-16-29(17-19-30)24-10-6-3-7-11-24/h2-15,25H,16-20H2,1H3,(H2,27,28,31). The summed E-state index contributed by atoms with van der Waals surface area (Å²) in [5.41, 5.74) is 4.47. The van der Waals surface area contributed by atoms with Crippen LogP contribution in [0.5, 0.6) is 0 Å². The van der Waals surface area contributed by atoms with Crippen molar-refractivity contribution in [3.63, 3.8) is 0 Å². The van der Waals surface area contributed by atoms with Gasteiger partial charge in [-0.2, -0.15) is 0 Å². The number of urea groups is 1. The number of rotatable bonds is 6. The van der Waals surface area contributed by atoms with Crippen molar-refractivity contribution >= 4 is 17.4 Å². The average Bonchev–Trinajstić information content (AvgIpc) is 2.82. The molecule has 2 amide bonds. The van der Waals surface area contributed by atoms with Crippen LogP contribution in [0, 0.1) is 6.92 Å². The fourth-order valence-corrected chi connectivity index (χ4v) is 4.07. The summed E-state index contributed by atoms with van der Waals surface area (Å²) in [7, 11) is 0. The normalized spacial score (nSPS) is 15.3. The maximum atomic E-state index is 12.5. The molecule has 5 heteroatoms. The number of piperazine rings is 1. The summed E-state index contributed by atoms with van der Waals surface area (Å²) in [6.45, 7) is 6.45. The largest absolute Gasteiger partial charge is 0.369 e. The molecule has 0 spiro atoms. The van der Waals surface area contributed by atoms with E-state index in [1.54, 1.807) is 0 Å². The summed E-state index contributed by atoms with van der Waals surface area (Å²) in [5, 5.41) is 6.01. The number of carbonyl (C=O) groups is 1. The van der Waals surface area contributed by atoms with E-state index in [1.807, 2.05) is 37.3 Å². The first-order valence-electron chi connectivity index (χ1n) is 10.9. The molecule has 0 aliphatic carbocycles. The van der Waals surface area contributed by atoms with Crippen LogP contribution in [0.15, 0.2) is 84.9 Å². The molecule has 1 aliphatic heterocycles. The molecule has 1 saturated heterocycles. The van der Waals surface area contributed by atoms with Crippen molar-refractivity contribution < 1.29 is 4.79 Å². The van der Waals surface area contributed by atoms with Crippen LogP contribution in [-0.4, -0.2) is 43.7 Å². The van der Waals surface area contributed by atoms with Gasteiger partial charge in [-0.05, 0) is 36.8 Å². The second kappa shape index (κ2) is 10.1. The van der Waals surface area contributed by atoms with E-state index in [1.165, 1.54) is 16.8 Å². The van der Waals surface area contributed by atoms with Crippen LogP contribution >= 0.6 is 0 Å². The molecule has 2 N–H and O–H groups in total. The molecule has 0 aromatic heterocycles. The first kappa shape index (κ1) is 20.9. The SMILES string of the molecule is Cc1ccc(NC(=O)NCC(c2ccccc2)N2CCN(c3ccccc3)CC2)cc1. The Kier molecular flexibility index (Phi) is 6.85. The Balaban J connectivity index is 1.38. The maximum absolute atomic E-state index is 12.5. The highest BCUT2D eigenvalue weighted by atomic mass is 16.2. The average molecular weight is 415 g/mol. The third kappa shape index (κ3) is 5.64.